The van der Waals surface area contributed by atoms with Crippen molar-refractivity contribution in [2.75, 3.05) is 5.32 Å². The SMILES string of the molecule is O=C(Nc1nc2c(s1)Cc1ccccc1-2)C1CC1. The van der Waals surface area contributed by atoms with E-state index >= 15 is 0 Å². The van der Waals surface area contributed by atoms with E-state index in [0.717, 1.165) is 30.1 Å². The van der Waals surface area contributed by atoms with Gasteiger partial charge in [-0.1, -0.05) is 24.3 Å². The summed E-state index contributed by atoms with van der Waals surface area (Å²) < 4.78 is 0. The highest BCUT2D eigenvalue weighted by atomic mass is 32.1. The van der Waals surface area contributed by atoms with Gasteiger partial charge in [-0.05, 0) is 18.4 Å². The Bertz CT molecular complexity index is 643. The van der Waals surface area contributed by atoms with Crippen molar-refractivity contribution in [3.05, 3.63) is 34.7 Å². The molecule has 1 aromatic heterocycles. The molecule has 1 aromatic carbocycles. The van der Waals surface area contributed by atoms with Gasteiger partial charge in [-0.25, -0.2) is 4.98 Å². The summed E-state index contributed by atoms with van der Waals surface area (Å²) in [5.41, 5.74) is 3.61. The lowest BCUT2D eigenvalue weighted by atomic mass is 10.1. The Labute approximate surface area is 109 Å². The van der Waals surface area contributed by atoms with Gasteiger partial charge >= 0.3 is 0 Å². The lowest BCUT2D eigenvalue weighted by molar-refractivity contribution is -0.117. The van der Waals surface area contributed by atoms with Gasteiger partial charge in [0.1, 0.15) is 0 Å². The molecule has 0 unspecified atom stereocenters. The summed E-state index contributed by atoms with van der Waals surface area (Å²) >= 11 is 1.61. The first-order chi connectivity index (χ1) is 8.81. The zero-order chi connectivity index (χ0) is 12.1. The van der Waals surface area contributed by atoms with Crippen LogP contribution in [0.2, 0.25) is 0 Å². The molecular formula is C14H12N2OS. The second-order valence-electron chi connectivity index (χ2n) is 4.89. The maximum Gasteiger partial charge on any atom is 0.229 e. The third-order valence-electron chi connectivity index (χ3n) is 3.50. The Morgan fingerprint density at radius 2 is 2.17 bits per heavy atom. The predicted octanol–water partition coefficient (Wildman–Crippen LogP) is 3.06. The van der Waals surface area contributed by atoms with Crippen LogP contribution in [0.4, 0.5) is 5.13 Å². The Kier molecular flexibility index (Phi) is 2.08. The fourth-order valence-electron chi connectivity index (χ4n) is 2.37. The van der Waals surface area contributed by atoms with Crippen molar-refractivity contribution in [1.82, 2.24) is 4.98 Å². The van der Waals surface area contributed by atoms with Crippen LogP contribution in [0.15, 0.2) is 24.3 Å². The standard InChI is InChI=1S/C14H12N2OS/c17-13(8-5-6-8)16-14-15-12-10-4-2-1-3-9(10)7-11(12)18-14/h1-4,8H,5-7H2,(H,15,16,17). The molecule has 18 heavy (non-hydrogen) atoms. The summed E-state index contributed by atoms with van der Waals surface area (Å²) in [6.07, 6.45) is 3.00. The number of nitrogens with zero attached hydrogens (tertiary/aromatic N) is 1. The number of anilines is 1. The molecule has 0 atom stereocenters. The molecule has 1 saturated carbocycles. The minimum Gasteiger partial charge on any atom is -0.302 e. The summed E-state index contributed by atoms with van der Waals surface area (Å²) in [6.45, 7) is 0. The van der Waals surface area contributed by atoms with Crippen LogP contribution in [0.3, 0.4) is 0 Å². The molecule has 1 heterocycles. The number of carbonyl (C=O) groups excluding carboxylic acids is 1. The van der Waals surface area contributed by atoms with Crippen molar-refractivity contribution in [3.8, 4) is 11.3 Å². The van der Waals surface area contributed by atoms with Crippen LogP contribution in [-0.2, 0) is 11.2 Å². The molecule has 0 radical (unpaired) electrons. The molecule has 4 rings (SSSR count). The van der Waals surface area contributed by atoms with Crippen LogP contribution in [0, 0.1) is 5.92 Å². The van der Waals surface area contributed by atoms with E-state index in [1.807, 2.05) is 6.07 Å². The van der Waals surface area contributed by atoms with Gasteiger partial charge in [-0.2, -0.15) is 0 Å². The first kappa shape index (κ1) is 10.3. The number of hydrogen-bond acceptors (Lipinski definition) is 3. The number of carbonyl (C=O) groups is 1. The largest absolute Gasteiger partial charge is 0.302 e. The van der Waals surface area contributed by atoms with Gasteiger partial charge in [0.25, 0.3) is 0 Å². The molecule has 0 spiro atoms. The van der Waals surface area contributed by atoms with Gasteiger partial charge in [0.2, 0.25) is 5.91 Å². The summed E-state index contributed by atoms with van der Waals surface area (Å²) in [4.78, 5) is 17.5. The molecule has 2 aliphatic rings. The van der Waals surface area contributed by atoms with Crippen LogP contribution in [-0.4, -0.2) is 10.9 Å². The van der Waals surface area contributed by atoms with E-state index in [0.29, 0.717) is 0 Å². The first-order valence-corrected chi connectivity index (χ1v) is 7.02. The average Bonchev–Trinajstić information content (AvgIpc) is 3.06. The topological polar surface area (TPSA) is 42.0 Å². The van der Waals surface area contributed by atoms with Crippen LogP contribution in [0.25, 0.3) is 11.3 Å². The van der Waals surface area contributed by atoms with Crippen molar-refractivity contribution in [2.24, 2.45) is 5.92 Å². The number of amides is 1. The van der Waals surface area contributed by atoms with Crippen LogP contribution in [0.1, 0.15) is 23.3 Å². The van der Waals surface area contributed by atoms with Gasteiger partial charge in [0.05, 0.1) is 5.69 Å². The van der Waals surface area contributed by atoms with Crippen LogP contribution < -0.4 is 5.32 Å². The first-order valence-electron chi connectivity index (χ1n) is 6.20. The Balaban J connectivity index is 1.65. The lowest BCUT2D eigenvalue weighted by Crippen LogP contribution is -2.12. The fraction of sp³-hybridized carbons (Fsp3) is 0.286. The lowest BCUT2D eigenvalue weighted by Gasteiger charge is -2.00. The van der Waals surface area contributed by atoms with Crippen molar-refractivity contribution >= 4 is 22.4 Å². The minimum absolute atomic E-state index is 0.135. The number of thiazole rings is 1. The molecule has 4 heteroatoms. The van der Waals surface area contributed by atoms with E-state index in [2.05, 4.69) is 28.5 Å². The monoisotopic (exact) mass is 256 g/mol. The summed E-state index contributed by atoms with van der Waals surface area (Å²) in [7, 11) is 0. The van der Waals surface area contributed by atoms with Crippen molar-refractivity contribution in [3.63, 3.8) is 0 Å². The number of aromatic nitrogens is 1. The zero-order valence-corrected chi connectivity index (χ0v) is 10.6. The predicted molar refractivity (Wildman–Crippen MR) is 71.7 cm³/mol. The molecule has 0 saturated heterocycles. The van der Waals surface area contributed by atoms with Crippen molar-refractivity contribution in [2.45, 2.75) is 19.3 Å². The van der Waals surface area contributed by atoms with Gasteiger partial charge in [-0.15, -0.1) is 11.3 Å². The van der Waals surface area contributed by atoms with Gasteiger partial charge in [-0.3, -0.25) is 4.79 Å². The average molecular weight is 256 g/mol. The quantitative estimate of drug-likeness (QED) is 0.765. The second-order valence-corrected chi connectivity index (χ2v) is 5.97. The minimum atomic E-state index is 0.135. The normalized spacial score (nSPS) is 16.2. The molecule has 2 aromatic rings. The van der Waals surface area contributed by atoms with E-state index in [1.165, 1.54) is 16.0 Å². The van der Waals surface area contributed by atoms with E-state index in [9.17, 15) is 4.79 Å². The smallest absolute Gasteiger partial charge is 0.229 e. The van der Waals surface area contributed by atoms with E-state index in [1.54, 1.807) is 11.3 Å². The van der Waals surface area contributed by atoms with E-state index in [4.69, 9.17) is 0 Å². The van der Waals surface area contributed by atoms with Crippen LogP contribution >= 0.6 is 11.3 Å². The third-order valence-corrected chi connectivity index (χ3v) is 4.47. The number of benzene rings is 1. The summed E-state index contributed by atoms with van der Waals surface area (Å²) in [5.74, 6) is 0.367. The summed E-state index contributed by atoms with van der Waals surface area (Å²) in [6, 6.07) is 8.35. The third kappa shape index (κ3) is 1.56. The van der Waals surface area contributed by atoms with E-state index in [-0.39, 0.29) is 11.8 Å². The molecule has 0 bridgehead atoms. The fourth-order valence-corrected chi connectivity index (χ4v) is 3.37. The molecule has 2 aliphatic carbocycles. The number of nitrogens with one attached hydrogen (secondary N) is 1. The highest BCUT2D eigenvalue weighted by Crippen LogP contribution is 2.41. The zero-order valence-electron chi connectivity index (χ0n) is 9.77. The number of hydrogen-bond donors (Lipinski definition) is 1. The number of rotatable bonds is 2. The molecule has 0 aliphatic heterocycles. The Morgan fingerprint density at radius 3 is 3.00 bits per heavy atom. The number of fused-ring (bicyclic) bond motifs is 3. The van der Waals surface area contributed by atoms with Crippen LogP contribution in [0.5, 0.6) is 0 Å². The van der Waals surface area contributed by atoms with Gasteiger partial charge in [0, 0.05) is 22.8 Å². The van der Waals surface area contributed by atoms with Gasteiger partial charge < -0.3 is 5.32 Å². The molecule has 90 valence electrons. The van der Waals surface area contributed by atoms with E-state index < -0.39 is 0 Å². The highest BCUT2D eigenvalue weighted by Gasteiger charge is 2.31. The Hall–Kier alpha value is -1.68. The molecular weight excluding hydrogens is 244 g/mol. The maximum atomic E-state index is 11.7. The molecule has 1 N–H and O–H groups in total. The van der Waals surface area contributed by atoms with Crippen molar-refractivity contribution in [1.29, 1.82) is 0 Å². The highest BCUT2D eigenvalue weighted by molar-refractivity contribution is 7.16. The second kappa shape index (κ2) is 3.65. The Morgan fingerprint density at radius 1 is 1.33 bits per heavy atom. The maximum absolute atomic E-state index is 11.7. The molecule has 3 nitrogen and oxygen atoms in total. The molecule has 1 amide bonds. The molecule has 1 fully saturated rings. The van der Waals surface area contributed by atoms with Gasteiger partial charge in [0.15, 0.2) is 5.13 Å². The van der Waals surface area contributed by atoms with Crippen molar-refractivity contribution < 1.29 is 4.79 Å². The summed E-state index contributed by atoms with van der Waals surface area (Å²) in [5, 5.41) is 3.69.